The molecule has 4 nitrogen and oxygen atoms in total. The van der Waals surface area contributed by atoms with Gasteiger partial charge in [0.15, 0.2) is 0 Å². The molecule has 0 aromatic carbocycles. The van der Waals surface area contributed by atoms with Gasteiger partial charge in [0.25, 0.3) is 0 Å². The third-order valence-corrected chi connectivity index (χ3v) is 3.99. The zero-order valence-corrected chi connectivity index (χ0v) is 13.8. The molecule has 0 aliphatic heterocycles. The SMILES string of the molecule is CCCNc1nc(NC(C)(C)C)c2cc(CC)sc2n1. The molecule has 2 rings (SSSR count). The van der Waals surface area contributed by atoms with Crippen molar-refractivity contribution >= 4 is 33.3 Å². The zero-order chi connectivity index (χ0) is 14.8. The van der Waals surface area contributed by atoms with Crippen LogP contribution >= 0.6 is 11.3 Å². The number of aryl methyl sites for hydroxylation is 1. The van der Waals surface area contributed by atoms with Crippen molar-refractivity contribution in [2.45, 2.75) is 53.0 Å². The number of hydrogen-bond donors (Lipinski definition) is 2. The van der Waals surface area contributed by atoms with Gasteiger partial charge < -0.3 is 10.6 Å². The fourth-order valence-corrected chi connectivity index (χ4v) is 2.88. The van der Waals surface area contributed by atoms with Crippen molar-refractivity contribution < 1.29 is 0 Å². The Labute approximate surface area is 125 Å². The van der Waals surface area contributed by atoms with Gasteiger partial charge in [-0.25, -0.2) is 4.98 Å². The molecule has 0 atom stereocenters. The van der Waals surface area contributed by atoms with Crippen LogP contribution in [-0.4, -0.2) is 22.1 Å². The highest BCUT2D eigenvalue weighted by Crippen LogP contribution is 2.31. The Morgan fingerprint density at radius 2 is 1.95 bits per heavy atom. The summed E-state index contributed by atoms with van der Waals surface area (Å²) in [5, 5.41) is 7.91. The van der Waals surface area contributed by atoms with Gasteiger partial charge in [0, 0.05) is 17.0 Å². The molecule has 0 spiro atoms. The maximum absolute atomic E-state index is 4.64. The van der Waals surface area contributed by atoms with Crippen LogP contribution in [0.15, 0.2) is 6.07 Å². The molecule has 0 amide bonds. The number of nitrogens with zero attached hydrogens (tertiary/aromatic N) is 2. The average Bonchev–Trinajstić information content (AvgIpc) is 2.78. The molecule has 0 bridgehead atoms. The van der Waals surface area contributed by atoms with E-state index < -0.39 is 0 Å². The molecule has 0 fully saturated rings. The van der Waals surface area contributed by atoms with Crippen LogP contribution in [0.4, 0.5) is 11.8 Å². The second-order valence-corrected chi connectivity index (χ2v) is 7.10. The molecule has 0 unspecified atom stereocenters. The molecule has 2 heterocycles. The Kier molecular flexibility index (Phi) is 4.48. The first-order chi connectivity index (χ1) is 9.43. The predicted molar refractivity (Wildman–Crippen MR) is 88.9 cm³/mol. The standard InChI is InChI=1S/C15H24N4S/c1-6-8-16-14-17-12(19-15(3,4)5)11-9-10(7-2)20-13(11)18-14/h9H,6-8H2,1-5H3,(H2,16,17,18,19). The zero-order valence-electron chi connectivity index (χ0n) is 13.0. The van der Waals surface area contributed by atoms with Gasteiger partial charge in [-0.1, -0.05) is 13.8 Å². The third-order valence-electron chi connectivity index (χ3n) is 2.82. The van der Waals surface area contributed by atoms with Crippen LogP contribution in [-0.2, 0) is 6.42 Å². The first-order valence-electron chi connectivity index (χ1n) is 7.25. The van der Waals surface area contributed by atoms with E-state index in [1.807, 2.05) is 0 Å². The molecule has 0 aliphatic rings. The van der Waals surface area contributed by atoms with Gasteiger partial charge in [-0.15, -0.1) is 11.3 Å². The number of rotatable bonds is 5. The first-order valence-corrected chi connectivity index (χ1v) is 8.07. The molecular formula is C15H24N4S. The quantitative estimate of drug-likeness (QED) is 0.863. The Morgan fingerprint density at radius 3 is 2.55 bits per heavy atom. The summed E-state index contributed by atoms with van der Waals surface area (Å²) in [6.45, 7) is 11.6. The summed E-state index contributed by atoms with van der Waals surface area (Å²) in [6, 6.07) is 2.21. The highest BCUT2D eigenvalue weighted by Gasteiger charge is 2.16. The molecule has 20 heavy (non-hydrogen) atoms. The lowest BCUT2D eigenvalue weighted by Crippen LogP contribution is -2.27. The molecular weight excluding hydrogens is 268 g/mol. The molecule has 0 saturated heterocycles. The number of hydrogen-bond acceptors (Lipinski definition) is 5. The summed E-state index contributed by atoms with van der Waals surface area (Å²) in [6.07, 6.45) is 2.10. The lowest BCUT2D eigenvalue weighted by Gasteiger charge is -2.22. The second-order valence-electron chi connectivity index (χ2n) is 5.98. The van der Waals surface area contributed by atoms with Crippen molar-refractivity contribution in [2.24, 2.45) is 0 Å². The number of fused-ring (bicyclic) bond motifs is 1. The molecule has 2 N–H and O–H groups in total. The molecule has 110 valence electrons. The van der Waals surface area contributed by atoms with Gasteiger partial charge in [-0.05, 0) is 39.7 Å². The summed E-state index contributed by atoms with van der Waals surface area (Å²) >= 11 is 1.75. The minimum absolute atomic E-state index is 0.0162. The fraction of sp³-hybridized carbons (Fsp3) is 0.600. The second kappa shape index (κ2) is 5.95. The van der Waals surface area contributed by atoms with E-state index in [2.05, 4.69) is 61.3 Å². The van der Waals surface area contributed by atoms with E-state index in [1.54, 1.807) is 11.3 Å². The van der Waals surface area contributed by atoms with Crippen molar-refractivity contribution in [3.05, 3.63) is 10.9 Å². The van der Waals surface area contributed by atoms with Crippen LogP contribution in [0.25, 0.3) is 10.2 Å². The summed E-state index contributed by atoms with van der Waals surface area (Å²) in [5.41, 5.74) is -0.0162. The minimum Gasteiger partial charge on any atom is -0.365 e. The smallest absolute Gasteiger partial charge is 0.226 e. The highest BCUT2D eigenvalue weighted by molar-refractivity contribution is 7.18. The number of aromatic nitrogens is 2. The van der Waals surface area contributed by atoms with Crippen molar-refractivity contribution in [2.75, 3.05) is 17.2 Å². The highest BCUT2D eigenvalue weighted by atomic mass is 32.1. The summed E-state index contributed by atoms with van der Waals surface area (Å²) in [7, 11) is 0. The lowest BCUT2D eigenvalue weighted by atomic mass is 10.1. The summed E-state index contributed by atoms with van der Waals surface area (Å²) in [4.78, 5) is 11.7. The van der Waals surface area contributed by atoms with E-state index in [-0.39, 0.29) is 5.54 Å². The van der Waals surface area contributed by atoms with E-state index >= 15 is 0 Å². The summed E-state index contributed by atoms with van der Waals surface area (Å²) < 4.78 is 0. The third kappa shape index (κ3) is 3.60. The lowest BCUT2D eigenvalue weighted by molar-refractivity contribution is 0.631. The average molecular weight is 292 g/mol. The van der Waals surface area contributed by atoms with Gasteiger partial charge in [-0.3, -0.25) is 0 Å². The van der Waals surface area contributed by atoms with Gasteiger partial charge in [0.1, 0.15) is 10.6 Å². The van der Waals surface area contributed by atoms with Crippen LogP contribution in [0.5, 0.6) is 0 Å². The van der Waals surface area contributed by atoms with Crippen LogP contribution in [0.3, 0.4) is 0 Å². The Balaban J connectivity index is 2.46. The predicted octanol–water partition coefficient (Wildman–Crippen LogP) is 4.29. The fourth-order valence-electron chi connectivity index (χ4n) is 1.91. The van der Waals surface area contributed by atoms with Crippen molar-refractivity contribution in [3.8, 4) is 0 Å². The molecule has 5 heteroatoms. The molecule has 0 saturated carbocycles. The monoisotopic (exact) mass is 292 g/mol. The van der Waals surface area contributed by atoms with E-state index in [9.17, 15) is 0 Å². The molecule has 2 aromatic heterocycles. The van der Waals surface area contributed by atoms with E-state index in [1.165, 1.54) is 4.88 Å². The Hall–Kier alpha value is -1.36. The maximum atomic E-state index is 4.64. The van der Waals surface area contributed by atoms with Gasteiger partial charge in [0.05, 0.1) is 5.39 Å². The van der Waals surface area contributed by atoms with Gasteiger partial charge in [0.2, 0.25) is 5.95 Å². The van der Waals surface area contributed by atoms with Crippen LogP contribution < -0.4 is 10.6 Å². The van der Waals surface area contributed by atoms with Crippen LogP contribution in [0.1, 0.15) is 45.9 Å². The largest absolute Gasteiger partial charge is 0.365 e. The van der Waals surface area contributed by atoms with Crippen LogP contribution in [0.2, 0.25) is 0 Å². The van der Waals surface area contributed by atoms with E-state index in [0.29, 0.717) is 0 Å². The molecule has 0 radical (unpaired) electrons. The number of anilines is 2. The topological polar surface area (TPSA) is 49.8 Å². The Bertz CT molecular complexity index is 583. The van der Waals surface area contributed by atoms with Gasteiger partial charge >= 0.3 is 0 Å². The normalized spacial score (nSPS) is 11.8. The summed E-state index contributed by atoms with van der Waals surface area (Å²) in [5.74, 6) is 1.65. The Morgan fingerprint density at radius 1 is 1.20 bits per heavy atom. The molecule has 0 aliphatic carbocycles. The van der Waals surface area contributed by atoms with E-state index in [4.69, 9.17) is 0 Å². The van der Waals surface area contributed by atoms with Crippen molar-refractivity contribution in [1.82, 2.24) is 9.97 Å². The maximum Gasteiger partial charge on any atom is 0.226 e. The molecule has 2 aromatic rings. The van der Waals surface area contributed by atoms with Crippen LogP contribution in [0, 0.1) is 0 Å². The van der Waals surface area contributed by atoms with Gasteiger partial charge in [-0.2, -0.15) is 4.98 Å². The first kappa shape index (κ1) is 15.0. The minimum atomic E-state index is -0.0162. The van der Waals surface area contributed by atoms with Crippen molar-refractivity contribution in [3.63, 3.8) is 0 Å². The van der Waals surface area contributed by atoms with E-state index in [0.717, 1.165) is 41.4 Å². The number of nitrogens with one attached hydrogen (secondary N) is 2. The number of thiophene rings is 1. The van der Waals surface area contributed by atoms with Crippen molar-refractivity contribution in [1.29, 1.82) is 0 Å².